The molecule has 0 aromatic heterocycles. The Morgan fingerprint density at radius 3 is 2.56 bits per heavy atom. The molecule has 0 spiro atoms. The number of rotatable bonds is 6. The van der Waals surface area contributed by atoms with Crippen LogP contribution in [0.15, 0.2) is 18.2 Å². The highest BCUT2D eigenvalue weighted by Gasteiger charge is 2.51. The van der Waals surface area contributed by atoms with Gasteiger partial charge < -0.3 is 14.9 Å². The lowest BCUT2D eigenvalue weighted by Crippen LogP contribution is -2.66. The predicted molar refractivity (Wildman–Crippen MR) is 130 cm³/mol. The highest BCUT2D eigenvalue weighted by molar-refractivity contribution is 7.89. The van der Waals surface area contributed by atoms with Crippen molar-refractivity contribution in [2.45, 2.75) is 64.0 Å². The Morgan fingerprint density at radius 2 is 1.91 bits per heavy atom. The van der Waals surface area contributed by atoms with Crippen LogP contribution in [0, 0.1) is 11.8 Å². The van der Waals surface area contributed by atoms with Crippen LogP contribution in [0.5, 0.6) is 5.75 Å². The van der Waals surface area contributed by atoms with Crippen molar-refractivity contribution in [1.82, 2.24) is 14.1 Å². The van der Waals surface area contributed by atoms with E-state index in [-0.39, 0.29) is 17.1 Å². The fraction of sp³-hybridized carbons (Fsp3) is 0.760. The van der Waals surface area contributed by atoms with Gasteiger partial charge in [-0.3, -0.25) is 0 Å². The SMILES string of the molecule is CC(C)CS(=O)(=O)N1CCC(CN(C)[C@H]2[C@H]3Cc4ccc(O)cc4C2(C)CCN3C)CC1. The zero-order valence-electron chi connectivity index (χ0n) is 20.4. The van der Waals surface area contributed by atoms with Gasteiger partial charge in [-0.2, -0.15) is 0 Å². The zero-order valence-corrected chi connectivity index (χ0v) is 21.2. The Hall–Kier alpha value is -1.15. The summed E-state index contributed by atoms with van der Waals surface area (Å²) in [5, 5.41) is 10.2. The second kappa shape index (κ2) is 8.90. The number of fused-ring (bicyclic) bond motifs is 4. The maximum Gasteiger partial charge on any atom is 0.214 e. The van der Waals surface area contributed by atoms with E-state index in [4.69, 9.17) is 0 Å². The summed E-state index contributed by atoms with van der Waals surface area (Å²) in [5.74, 6) is 1.29. The quantitative estimate of drug-likeness (QED) is 0.703. The first-order chi connectivity index (χ1) is 15.0. The zero-order chi connectivity index (χ0) is 23.3. The second-order valence-electron chi connectivity index (χ2n) is 11.2. The van der Waals surface area contributed by atoms with Crippen LogP contribution >= 0.6 is 0 Å². The highest BCUT2D eigenvalue weighted by Crippen LogP contribution is 2.47. The number of aromatic hydroxyl groups is 1. The first-order valence-electron chi connectivity index (χ1n) is 12.2. The fourth-order valence-corrected chi connectivity index (χ4v) is 8.47. The van der Waals surface area contributed by atoms with Crippen LogP contribution in [-0.4, -0.2) is 85.7 Å². The first kappa shape index (κ1) is 24.0. The van der Waals surface area contributed by atoms with E-state index in [1.54, 1.807) is 4.31 Å². The predicted octanol–water partition coefficient (Wildman–Crippen LogP) is 2.91. The summed E-state index contributed by atoms with van der Waals surface area (Å²) >= 11 is 0. The third-order valence-electron chi connectivity index (χ3n) is 8.24. The third-order valence-corrected chi connectivity index (χ3v) is 10.5. The van der Waals surface area contributed by atoms with Gasteiger partial charge in [0, 0.05) is 37.1 Å². The Bertz CT molecular complexity index is 926. The lowest BCUT2D eigenvalue weighted by atomic mass is 9.61. The van der Waals surface area contributed by atoms with Crippen molar-refractivity contribution in [3.63, 3.8) is 0 Å². The molecule has 1 aromatic rings. The summed E-state index contributed by atoms with van der Waals surface area (Å²) in [7, 11) is 1.37. The van der Waals surface area contributed by atoms with Crippen molar-refractivity contribution in [3.8, 4) is 5.75 Å². The van der Waals surface area contributed by atoms with Crippen molar-refractivity contribution in [3.05, 3.63) is 29.3 Å². The highest BCUT2D eigenvalue weighted by atomic mass is 32.2. The minimum atomic E-state index is -3.13. The standard InChI is InChI=1S/C25H41N3O3S/c1-18(2)17-32(30,31)28-11-8-19(9-12-28)16-27(5)24-23-14-20-6-7-21(29)15-22(20)25(24,3)10-13-26(23)4/h6-7,15,18-19,23-24,29H,8-14,16-17H2,1-5H3/t23-,24+,25?/m1/s1. The fourth-order valence-electron chi connectivity index (χ4n) is 6.65. The minimum Gasteiger partial charge on any atom is -0.508 e. The number of likely N-dealkylation sites (N-methyl/N-ethyl adjacent to an activating group) is 2. The molecular weight excluding hydrogens is 422 g/mol. The molecule has 6 nitrogen and oxygen atoms in total. The molecule has 3 atom stereocenters. The molecule has 0 radical (unpaired) electrons. The molecule has 4 rings (SSSR count). The molecule has 2 bridgehead atoms. The summed E-state index contributed by atoms with van der Waals surface area (Å²) in [5.41, 5.74) is 2.70. The maximum atomic E-state index is 12.6. The lowest BCUT2D eigenvalue weighted by molar-refractivity contribution is -0.00615. The van der Waals surface area contributed by atoms with Crippen molar-refractivity contribution < 1.29 is 13.5 Å². The number of likely N-dealkylation sites (tertiary alicyclic amines) is 1. The van der Waals surface area contributed by atoms with E-state index in [1.165, 1.54) is 11.1 Å². The van der Waals surface area contributed by atoms with Crippen LogP contribution in [-0.2, 0) is 21.9 Å². The molecule has 32 heavy (non-hydrogen) atoms. The van der Waals surface area contributed by atoms with Crippen LogP contribution in [0.2, 0.25) is 0 Å². The number of hydrogen-bond donors (Lipinski definition) is 1. The summed E-state index contributed by atoms with van der Waals surface area (Å²) in [6, 6.07) is 6.78. The Morgan fingerprint density at radius 1 is 1.22 bits per heavy atom. The average Bonchev–Trinajstić information content (AvgIpc) is 2.71. The Labute approximate surface area is 194 Å². The molecule has 1 N–H and O–H groups in total. The van der Waals surface area contributed by atoms with Crippen LogP contribution in [0.4, 0.5) is 0 Å². The van der Waals surface area contributed by atoms with E-state index in [0.29, 0.717) is 36.8 Å². The van der Waals surface area contributed by atoms with Gasteiger partial charge in [-0.15, -0.1) is 0 Å². The molecule has 2 saturated heterocycles. The minimum absolute atomic E-state index is 0.0134. The van der Waals surface area contributed by atoms with Crippen LogP contribution in [0.3, 0.4) is 0 Å². The van der Waals surface area contributed by atoms with E-state index < -0.39 is 10.0 Å². The van der Waals surface area contributed by atoms with E-state index in [9.17, 15) is 13.5 Å². The molecule has 1 aliphatic carbocycles. The van der Waals surface area contributed by atoms with Gasteiger partial charge in [-0.1, -0.05) is 26.8 Å². The van der Waals surface area contributed by atoms with Crippen molar-refractivity contribution >= 4 is 10.0 Å². The first-order valence-corrected chi connectivity index (χ1v) is 13.8. The van der Waals surface area contributed by atoms with E-state index in [1.807, 2.05) is 26.0 Å². The van der Waals surface area contributed by atoms with Crippen molar-refractivity contribution in [2.24, 2.45) is 11.8 Å². The molecule has 180 valence electrons. The van der Waals surface area contributed by atoms with Crippen LogP contribution in [0.25, 0.3) is 0 Å². The molecule has 2 fully saturated rings. The molecule has 3 aliphatic rings. The van der Waals surface area contributed by atoms with E-state index in [0.717, 1.165) is 38.8 Å². The normalized spacial score (nSPS) is 30.1. The molecule has 0 amide bonds. The monoisotopic (exact) mass is 463 g/mol. The van der Waals surface area contributed by atoms with Gasteiger partial charge in [0.15, 0.2) is 0 Å². The molecule has 1 aromatic carbocycles. The maximum absolute atomic E-state index is 12.6. The molecule has 2 aliphatic heterocycles. The number of benzene rings is 1. The average molecular weight is 464 g/mol. The molecule has 7 heteroatoms. The van der Waals surface area contributed by atoms with Crippen LogP contribution in [0.1, 0.15) is 51.2 Å². The second-order valence-corrected chi connectivity index (χ2v) is 13.2. The number of piperidine rings is 2. The van der Waals surface area contributed by atoms with E-state index >= 15 is 0 Å². The molecule has 1 unspecified atom stereocenters. The number of phenols is 1. The van der Waals surface area contributed by atoms with E-state index in [2.05, 4.69) is 36.9 Å². The number of sulfonamides is 1. The van der Waals surface area contributed by atoms with Gasteiger partial charge in [0.25, 0.3) is 0 Å². The Kier molecular flexibility index (Phi) is 6.67. The largest absolute Gasteiger partial charge is 0.508 e. The summed E-state index contributed by atoms with van der Waals surface area (Å²) in [4.78, 5) is 5.07. The summed E-state index contributed by atoms with van der Waals surface area (Å²) in [6.07, 6.45) is 3.96. The Balaban J connectivity index is 1.47. The van der Waals surface area contributed by atoms with Gasteiger partial charge in [-0.05, 0) is 81.4 Å². The smallest absolute Gasteiger partial charge is 0.214 e. The van der Waals surface area contributed by atoms with Gasteiger partial charge in [0.2, 0.25) is 10.0 Å². The van der Waals surface area contributed by atoms with Crippen LogP contribution < -0.4 is 0 Å². The number of phenolic OH excluding ortho intramolecular Hbond substituents is 1. The van der Waals surface area contributed by atoms with Gasteiger partial charge in [-0.25, -0.2) is 12.7 Å². The van der Waals surface area contributed by atoms with Gasteiger partial charge in [0.1, 0.15) is 5.75 Å². The third kappa shape index (κ3) is 4.46. The summed E-state index contributed by atoms with van der Waals surface area (Å²) in [6.45, 7) is 9.69. The van der Waals surface area contributed by atoms with Gasteiger partial charge >= 0.3 is 0 Å². The van der Waals surface area contributed by atoms with Crippen molar-refractivity contribution in [2.75, 3.05) is 46.0 Å². The summed E-state index contributed by atoms with van der Waals surface area (Å²) < 4.78 is 26.9. The number of hydrogen-bond acceptors (Lipinski definition) is 5. The molecule has 2 heterocycles. The van der Waals surface area contributed by atoms with Crippen molar-refractivity contribution in [1.29, 1.82) is 0 Å². The topological polar surface area (TPSA) is 64.1 Å². The molecular formula is C25H41N3O3S. The van der Waals surface area contributed by atoms with Gasteiger partial charge in [0.05, 0.1) is 5.75 Å². The molecule has 0 saturated carbocycles. The number of nitrogens with zero attached hydrogens (tertiary/aromatic N) is 3. The lowest BCUT2D eigenvalue weighted by Gasteiger charge is -2.58.